The Hall–Kier alpha value is -5.42. The summed E-state index contributed by atoms with van der Waals surface area (Å²) in [4.78, 5) is 43.5. The number of hydrogen-bond acceptors (Lipinski definition) is 10. The summed E-state index contributed by atoms with van der Waals surface area (Å²) >= 11 is 0. The number of nitrogens with one attached hydrogen (secondary N) is 1. The predicted octanol–water partition coefficient (Wildman–Crippen LogP) is 6.28. The van der Waals surface area contributed by atoms with Crippen molar-refractivity contribution in [3.8, 4) is 11.5 Å². The van der Waals surface area contributed by atoms with E-state index in [4.69, 9.17) is 23.7 Å². The van der Waals surface area contributed by atoms with Gasteiger partial charge < -0.3 is 29.0 Å². The van der Waals surface area contributed by atoms with Gasteiger partial charge in [-0.1, -0.05) is 94.9 Å². The van der Waals surface area contributed by atoms with Crippen molar-refractivity contribution >= 4 is 17.8 Å². The first-order valence-corrected chi connectivity index (χ1v) is 16.9. The van der Waals surface area contributed by atoms with Gasteiger partial charge in [0.1, 0.15) is 41.8 Å². The monoisotopic (exact) mass is 695 g/mol. The van der Waals surface area contributed by atoms with E-state index < -0.39 is 47.0 Å². The molecule has 0 bridgehead atoms. The van der Waals surface area contributed by atoms with Gasteiger partial charge in [-0.2, -0.15) is 4.98 Å². The van der Waals surface area contributed by atoms with Crippen LogP contribution < -0.4 is 20.5 Å². The molecule has 1 N–H and O–H groups in total. The minimum absolute atomic E-state index is 0.101. The van der Waals surface area contributed by atoms with E-state index >= 15 is 0 Å². The molecule has 1 fully saturated rings. The summed E-state index contributed by atoms with van der Waals surface area (Å²) < 4.78 is 30.0. The van der Waals surface area contributed by atoms with Crippen LogP contribution in [0.5, 0.6) is 11.5 Å². The molecule has 0 radical (unpaired) electrons. The average Bonchev–Trinajstić information content (AvgIpc) is 3.50. The number of carbonyl (C=O) groups is 2. The third-order valence-corrected chi connectivity index (χ3v) is 9.01. The molecule has 0 unspecified atom stereocenters. The molecule has 3 atom stereocenters. The summed E-state index contributed by atoms with van der Waals surface area (Å²) in [5.74, 6) is -0.00736. The molecule has 0 saturated carbocycles. The van der Waals surface area contributed by atoms with E-state index in [1.54, 1.807) is 54.2 Å². The normalized spacial score (nSPS) is 18.7. The van der Waals surface area contributed by atoms with Crippen molar-refractivity contribution in [3.63, 3.8) is 0 Å². The predicted molar refractivity (Wildman–Crippen MR) is 193 cm³/mol. The van der Waals surface area contributed by atoms with Gasteiger partial charge in [-0.15, -0.1) is 0 Å². The third kappa shape index (κ3) is 7.68. The molecule has 268 valence electrons. The lowest BCUT2D eigenvalue weighted by Crippen LogP contribution is -2.45. The zero-order valence-electron chi connectivity index (χ0n) is 29.8. The molecule has 4 aromatic rings. The lowest BCUT2D eigenvalue weighted by molar-refractivity contribution is -0.172. The Bertz CT molecular complexity index is 1830. The summed E-state index contributed by atoms with van der Waals surface area (Å²) in [5, 5.41) is 3.60. The van der Waals surface area contributed by atoms with E-state index in [1.165, 1.54) is 10.6 Å². The smallest absolute Gasteiger partial charge is 0.351 e. The fourth-order valence-electron chi connectivity index (χ4n) is 6.05. The summed E-state index contributed by atoms with van der Waals surface area (Å²) in [6, 6.07) is 27.0. The molecular weight excluding hydrogens is 650 g/mol. The zero-order valence-corrected chi connectivity index (χ0v) is 29.8. The van der Waals surface area contributed by atoms with Crippen molar-refractivity contribution in [1.82, 2.24) is 9.55 Å². The number of carbonyl (C=O) groups excluding carboxylic acids is 2. The molecule has 1 aliphatic heterocycles. The van der Waals surface area contributed by atoms with Gasteiger partial charge in [-0.25, -0.2) is 4.79 Å². The number of ether oxygens (including phenoxy) is 5. The molecule has 5 rings (SSSR count). The number of nitrogens with zero attached hydrogens (tertiary/aromatic N) is 2. The molecule has 0 spiro atoms. The number of anilines is 1. The second-order valence-corrected chi connectivity index (χ2v) is 13.0. The van der Waals surface area contributed by atoms with E-state index in [1.807, 2.05) is 78.9 Å². The topological polar surface area (TPSA) is 127 Å². The quantitative estimate of drug-likeness (QED) is 0.0916. The maximum atomic E-state index is 13.9. The molecule has 1 saturated heterocycles. The molecule has 51 heavy (non-hydrogen) atoms. The SMILES string of the molecule is C=C[C@]1(COC(=O)C(C)C)O[C@@H](n2ccc(NC(c3ccccc3)(c3ccc(OC)cc3)c3ccc(OC)cc3)nc2=O)C[C@@H]1OC(=O)C(C)C. The minimum Gasteiger partial charge on any atom is -0.497 e. The van der Waals surface area contributed by atoms with Crippen LogP contribution in [0.4, 0.5) is 5.82 Å². The van der Waals surface area contributed by atoms with E-state index in [0.717, 1.165) is 16.7 Å². The van der Waals surface area contributed by atoms with Crippen molar-refractivity contribution in [2.45, 2.75) is 57.6 Å². The lowest BCUT2D eigenvalue weighted by atomic mass is 9.77. The average molecular weight is 696 g/mol. The van der Waals surface area contributed by atoms with Gasteiger partial charge in [0.15, 0.2) is 5.60 Å². The van der Waals surface area contributed by atoms with Gasteiger partial charge >= 0.3 is 17.6 Å². The maximum absolute atomic E-state index is 13.9. The lowest BCUT2D eigenvalue weighted by Gasteiger charge is -2.37. The second kappa shape index (κ2) is 15.6. The van der Waals surface area contributed by atoms with Crippen LogP contribution in [0, 0.1) is 11.8 Å². The molecule has 0 amide bonds. The van der Waals surface area contributed by atoms with Gasteiger partial charge in [0, 0.05) is 12.6 Å². The molecule has 1 aliphatic rings. The van der Waals surface area contributed by atoms with Gasteiger partial charge in [-0.05, 0) is 47.0 Å². The summed E-state index contributed by atoms with van der Waals surface area (Å²) in [6.07, 6.45) is 1.37. The standard InChI is InChI=1S/C40H45N3O8/c1-8-39(25-49-36(44)26(2)3)33(50-37(45)27(4)5)24-35(51-39)43-23-22-34(41-38(43)46)42-40(28-12-10-9-11-13-28,29-14-18-31(47-6)19-15-29)30-16-20-32(48-7)21-17-30/h8-23,26-27,33,35H,1,24-25H2,2-7H3,(H,41,42,46)/t33-,35+,39+/m0/s1. The number of methoxy groups -OCH3 is 2. The van der Waals surface area contributed by atoms with Crippen LogP contribution in [0.2, 0.25) is 0 Å². The number of aromatic nitrogens is 2. The van der Waals surface area contributed by atoms with Crippen LogP contribution >= 0.6 is 0 Å². The first-order chi connectivity index (χ1) is 24.5. The number of hydrogen-bond donors (Lipinski definition) is 1. The molecule has 2 heterocycles. The van der Waals surface area contributed by atoms with Crippen molar-refractivity contribution in [3.05, 3.63) is 131 Å². The van der Waals surface area contributed by atoms with Gasteiger partial charge in [0.05, 0.1) is 26.1 Å². The summed E-state index contributed by atoms with van der Waals surface area (Å²) in [7, 11) is 3.23. The Balaban J connectivity index is 1.55. The Morgan fingerprint density at radius 3 is 1.94 bits per heavy atom. The molecular formula is C40H45N3O8. The number of esters is 2. The third-order valence-electron chi connectivity index (χ3n) is 9.01. The molecule has 11 nitrogen and oxygen atoms in total. The van der Waals surface area contributed by atoms with E-state index in [0.29, 0.717) is 17.3 Å². The Morgan fingerprint density at radius 1 is 0.902 bits per heavy atom. The van der Waals surface area contributed by atoms with Gasteiger partial charge in [0.25, 0.3) is 0 Å². The van der Waals surface area contributed by atoms with Crippen LogP contribution in [0.15, 0.2) is 109 Å². The van der Waals surface area contributed by atoms with Crippen LogP contribution in [0.1, 0.15) is 57.0 Å². The van der Waals surface area contributed by atoms with E-state index in [-0.39, 0.29) is 18.9 Å². The first kappa shape index (κ1) is 36.9. The highest BCUT2D eigenvalue weighted by Crippen LogP contribution is 2.42. The molecule has 11 heteroatoms. The van der Waals surface area contributed by atoms with Crippen LogP contribution in [-0.2, 0) is 29.3 Å². The molecule has 1 aromatic heterocycles. The fraction of sp³-hybridized carbons (Fsp3) is 0.350. The Kier molecular flexibility index (Phi) is 11.3. The van der Waals surface area contributed by atoms with Crippen molar-refractivity contribution in [1.29, 1.82) is 0 Å². The highest BCUT2D eigenvalue weighted by Gasteiger charge is 2.51. The van der Waals surface area contributed by atoms with Crippen LogP contribution in [0.25, 0.3) is 0 Å². The summed E-state index contributed by atoms with van der Waals surface area (Å²) in [5.41, 5.74) is -0.376. The number of rotatable bonds is 14. The largest absolute Gasteiger partial charge is 0.497 e. The van der Waals surface area contributed by atoms with Crippen molar-refractivity contribution < 1.29 is 33.3 Å². The summed E-state index contributed by atoms with van der Waals surface area (Å²) in [6.45, 7) is 10.5. The van der Waals surface area contributed by atoms with Gasteiger partial charge in [-0.3, -0.25) is 14.2 Å². The molecule has 0 aliphatic carbocycles. The minimum atomic E-state index is -1.39. The molecule has 3 aromatic carbocycles. The first-order valence-electron chi connectivity index (χ1n) is 16.9. The highest BCUT2D eigenvalue weighted by molar-refractivity contribution is 5.72. The Morgan fingerprint density at radius 2 is 1.45 bits per heavy atom. The van der Waals surface area contributed by atoms with Crippen molar-refractivity contribution in [2.75, 3.05) is 26.1 Å². The fourth-order valence-corrected chi connectivity index (χ4v) is 6.05. The van der Waals surface area contributed by atoms with Crippen molar-refractivity contribution in [2.24, 2.45) is 11.8 Å². The van der Waals surface area contributed by atoms with Crippen LogP contribution in [0.3, 0.4) is 0 Å². The zero-order chi connectivity index (χ0) is 36.8. The van der Waals surface area contributed by atoms with E-state index in [9.17, 15) is 14.4 Å². The maximum Gasteiger partial charge on any atom is 0.351 e. The second-order valence-electron chi connectivity index (χ2n) is 13.0. The van der Waals surface area contributed by atoms with Crippen LogP contribution in [-0.4, -0.2) is 54.0 Å². The Labute approximate surface area is 298 Å². The number of benzene rings is 3. The van der Waals surface area contributed by atoms with Gasteiger partial charge in [0.2, 0.25) is 0 Å². The highest BCUT2D eigenvalue weighted by atomic mass is 16.6. The van der Waals surface area contributed by atoms with E-state index in [2.05, 4.69) is 16.9 Å².